The van der Waals surface area contributed by atoms with Crippen molar-refractivity contribution in [1.29, 1.82) is 0 Å². The Morgan fingerprint density at radius 2 is 2.38 bits per heavy atom. The number of nitrogens with zero attached hydrogens (tertiary/aromatic N) is 2. The van der Waals surface area contributed by atoms with E-state index in [4.69, 9.17) is 10.5 Å². The number of carbonyl (C=O) groups excluding carboxylic acids is 1. The van der Waals surface area contributed by atoms with Gasteiger partial charge >= 0.3 is 5.97 Å². The summed E-state index contributed by atoms with van der Waals surface area (Å²) >= 11 is 0. The van der Waals surface area contributed by atoms with E-state index in [1.54, 1.807) is 6.92 Å². The van der Waals surface area contributed by atoms with Crippen molar-refractivity contribution in [2.75, 3.05) is 6.61 Å². The van der Waals surface area contributed by atoms with Gasteiger partial charge in [-0.15, -0.1) is 5.10 Å². The molecule has 1 aliphatic rings. The molecular formula is C10H16N4O2. The van der Waals surface area contributed by atoms with Gasteiger partial charge in [-0.2, -0.15) is 10.3 Å². The van der Waals surface area contributed by atoms with Crippen molar-refractivity contribution in [3.63, 3.8) is 0 Å². The fourth-order valence-corrected chi connectivity index (χ4v) is 1.84. The highest BCUT2D eigenvalue weighted by Gasteiger charge is 2.31. The van der Waals surface area contributed by atoms with E-state index < -0.39 is 5.97 Å². The van der Waals surface area contributed by atoms with Crippen LogP contribution < -0.4 is 5.73 Å². The lowest BCUT2D eigenvalue weighted by molar-refractivity contribution is 0.0516. The lowest BCUT2D eigenvalue weighted by Gasteiger charge is -2.30. The van der Waals surface area contributed by atoms with Gasteiger partial charge in [-0.1, -0.05) is 6.42 Å². The van der Waals surface area contributed by atoms with E-state index in [9.17, 15) is 4.79 Å². The predicted molar refractivity (Wildman–Crippen MR) is 56.6 cm³/mol. The maximum absolute atomic E-state index is 11.6. The third-order valence-corrected chi connectivity index (χ3v) is 3.02. The Morgan fingerprint density at radius 1 is 1.62 bits per heavy atom. The van der Waals surface area contributed by atoms with Gasteiger partial charge in [-0.25, -0.2) is 4.79 Å². The number of hydrogen-bond acceptors (Lipinski definition) is 5. The van der Waals surface area contributed by atoms with E-state index in [0.29, 0.717) is 18.2 Å². The van der Waals surface area contributed by atoms with Gasteiger partial charge in [0.25, 0.3) is 0 Å². The van der Waals surface area contributed by atoms with Crippen LogP contribution in [-0.2, 0) is 4.74 Å². The first kappa shape index (κ1) is 11.1. The van der Waals surface area contributed by atoms with E-state index in [0.717, 1.165) is 12.8 Å². The Balaban J connectivity index is 2.14. The number of carbonyl (C=O) groups is 1. The molecule has 1 unspecified atom stereocenters. The number of nitrogens with one attached hydrogen (secondary N) is 1. The molecule has 3 N–H and O–H groups in total. The summed E-state index contributed by atoms with van der Waals surface area (Å²) in [5, 5.41) is 10.2. The fraction of sp³-hybridized carbons (Fsp3) is 0.700. The molecule has 1 aromatic heterocycles. The Kier molecular flexibility index (Phi) is 3.19. The standard InChI is InChI=1S/C10H16N4O2/c1-2-16-10(15)9-8(12-14-13-9)7(11)6-4-3-5-6/h6-7H,2-5,11H2,1H3,(H,12,13,14). The second-order valence-corrected chi connectivity index (χ2v) is 3.99. The van der Waals surface area contributed by atoms with Crippen LogP contribution in [0.3, 0.4) is 0 Å². The molecule has 1 aromatic rings. The highest BCUT2D eigenvalue weighted by Crippen LogP contribution is 2.36. The monoisotopic (exact) mass is 224 g/mol. The Bertz CT molecular complexity index is 373. The minimum absolute atomic E-state index is 0.216. The Morgan fingerprint density at radius 3 is 2.94 bits per heavy atom. The molecule has 0 radical (unpaired) electrons. The van der Waals surface area contributed by atoms with Crippen molar-refractivity contribution in [2.45, 2.75) is 32.2 Å². The van der Waals surface area contributed by atoms with Crippen LogP contribution >= 0.6 is 0 Å². The van der Waals surface area contributed by atoms with E-state index >= 15 is 0 Å². The summed E-state index contributed by atoms with van der Waals surface area (Å²) in [6.45, 7) is 2.08. The van der Waals surface area contributed by atoms with Crippen molar-refractivity contribution in [3.05, 3.63) is 11.4 Å². The molecule has 0 bridgehead atoms. The van der Waals surface area contributed by atoms with Crippen LogP contribution in [0.15, 0.2) is 0 Å². The lowest BCUT2D eigenvalue weighted by atomic mass is 9.78. The first-order valence-electron chi connectivity index (χ1n) is 5.57. The van der Waals surface area contributed by atoms with Crippen LogP contribution in [0.25, 0.3) is 0 Å². The summed E-state index contributed by atoms with van der Waals surface area (Å²) < 4.78 is 4.89. The SMILES string of the molecule is CCOC(=O)c1n[nH]nc1C(N)C1CCC1. The molecule has 1 heterocycles. The molecule has 0 amide bonds. The maximum atomic E-state index is 11.6. The number of ether oxygens (including phenoxy) is 1. The van der Waals surface area contributed by atoms with Crippen molar-refractivity contribution in [3.8, 4) is 0 Å². The van der Waals surface area contributed by atoms with Crippen molar-refractivity contribution >= 4 is 5.97 Å². The van der Waals surface area contributed by atoms with Gasteiger partial charge in [-0.05, 0) is 25.7 Å². The summed E-state index contributed by atoms with van der Waals surface area (Å²) in [6, 6.07) is -0.216. The highest BCUT2D eigenvalue weighted by atomic mass is 16.5. The molecule has 0 aromatic carbocycles. The molecule has 0 saturated heterocycles. The molecule has 88 valence electrons. The molecular weight excluding hydrogens is 208 g/mol. The van der Waals surface area contributed by atoms with Gasteiger partial charge in [0.1, 0.15) is 5.69 Å². The number of aromatic nitrogens is 3. The summed E-state index contributed by atoms with van der Waals surface area (Å²) in [5.41, 5.74) is 6.80. The summed E-state index contributed by atoms with van der Waals surface area (Å²) in [4.78, 5) is 11.6. The van der Waals surface area contributed by atoms with Gasteiger partial charge in [0.15, 0.2) is 5.69 Å². The van der Waals surface area contributed by atoms with E-state index in [1.165, 1.54) is 6.42 Å². The number of rotatable bonds is 4. The maximum Gasteiger partial charge on any atom is 0.360 e. The van der Waals surface area contributed by atoms with E-state index in [-0.39, 0.29) is 11.7 Å². The minimum atomic E-state index is -0.457. The van der Waals surface area contributed by atoms with Crippen LogP contribution in [0.1, 0.15) is 48.4 Å². The van der Waals surface area contributed by atoms with Gasteiger partial charge < -0.3 is 10.5 Å². The average molecular weight is 224 g/mol. The second kappa shape index (κ2) is 4.61. The molecule has 16 heavy (non-hydrogen) atoms. The minimum Gasteiger partial charge on any atom is -0.461 e. The van der Waals surface area contributed by atoms with Crippen LogP contribution in [0.2, 0.25) is 0 Å². The molecule has 6 nitrogen and oxygen atoms in total. The number of aromatic amines is 1. The molecule has 1 aliphatic carbocycles. The molecule has 1 saturated carbocycles. The van der Waals surface area contributed by atoms with Crippen LogP contribution in [-0.4, -0.2) is 28.0 Å². The first-order chi connectivity index (χ1) is 7.74. The third-order valence-electron chi connectivity index (χ3n) is 3.02. The van der Waals surface area contributed by atoms with Gasteiger partial charge in [-0.3, -0.25) is 0 Å². The van der Waals surface area contributed by atoms with Crippen LogP contribution in [0.4, 0.5) is 0 Å². The first-order valence-corrected chi connectivity index (χ1v) is 5.57. The van der Waals surface area contributed by atoms with Gasteiger partial charge in [0.05, 0.1) is 12.6 Å². The zero-order valence-electron chi connectivity index (χ0n) is 9.27. The van der Waals surface area contributed by atoms with Crippen molar-refractivity contribution < 1.29 is 9.53 Å². The topological polar surface area (TPSA) is 93.9 Å². The van der Waals surface area contributed by atoms with Crippen LogP contribution in [0, 0.1) is 5.92 Å². The molecule has 1 fully saturated rings. The van der Waals surface area contributed by atoms with E-state index in [2.05, 4.69) is 15.4 Å². The van der Waals surface area contributed by atoms with Crippen LogP contribution in [0.5, 0.6) is 0 Å². The summed E-state index contributed by atoms with van der Waals surface area (Å²) in [5.74, 6) is -0.0423. The van der Waals surface area contributed by atoms with Crippen molar-refractivity contribution in [2.24, 2.45) is 11.7 Å². The zero-order chi connectivity index (χ0) is 11.5. The quantitative estimate of drug-likeness (QED) is 0.737. The molecule has 2 rings (SSSR count). The average Bonchev–Trinajstić information content (AvgIpc) is 2.63. The fourth-order valence-electron chi connectivity index (χ4n) is 1.84. The van der Waals surface area contributed by atoms with Gasteiger partial charge in [0, 0.05) is 0 Å². The summed E-state index contributed by atoms with van der Waals surface area (Å²) in [7, 11) is 0. The highest BCUT2D eigenvalue weighted by molar-refractivity contribution is 5.88. The molecule has 0 aliphatic heterocycles. The van der Waals surface area contributed by atoms with E-state index in [1.807, 2.05) is 0 Å². The molecule has 1 atom stereocenters. The smallest absolute Gasteiger partial charge is 0.360 e. The predicted octanol–water partition coefficient (Wildman–Crippen LogP) is 0.781. The Hall–Kier alpha value is -1.43. The Labute approximate surface area is 93.5 Å². The van der Waals surface area contributed by atoms with Crippen molar-refractivity contribution in [1.82, 2.24) is 15.4 Å². The lowest BCUT2D eigenvalue weighted by Crippen LogP contribution is -2.28. The molecule has 6 heteroatoms. The number of hydrogen-bond donors (Lipinski definition) is 2. The number of nitrogens with two attached hydrogens (primary N) is 1. The largest absolute Gasteiger partial charge is 0.461 e. The second-order valence-electron chi connectivity index (χ2n) is 3.99. The zero-order valence-corrected chi connectivity index (χ0v) is 9.27. The normalized spacial score (nSPS) is 17.9. The molecule has 0 spiro atoms. The third kappa shape index (κ3) is 1.92. The number of H-pyrrole nitrogens is 1. The number of esters is 1. The summed E-state index contributed by atoms with van der Waals surface area (Å²) in [6.07, 6.45) is 3.39. The van der Waals surface area contributed by atoms with Gasteiger partial charge in [0.2, 0.25) is 0 Å².